The number of amides is 1. The normalized spacial score (nSPS) is 16.7. The Kier molecular flexibility index (Phi) is 4.17. The summed E-state index contributed by atoms with van der Waals surface area (Å²) in [7, 11) is 1.60. The van der Waals surface area contributed by atoms with E-state index in [1.165, 1.54) is 0 Å². The number of carbonyl (C=O) groups is 2. The molecule has 2 aliphatic carbocycles. The largest absolute Gasteiger partial charge is 0.493 e. The minimum absolute atomic E-state index is 0.0277. The molecule has 1 aromatic carbocycles. The van der Waals surface area contributed by atoms with Crippen molar-refractivity contribution in [3.05, 3.63) is 47.3 Å². The van der Waals surface area contributed by atoms with E-state index >= 15 is 0 Å². The number of fused-ring (bicyclic) bond motifs is 2. The summed E-state index contributed by atoms with van der Waals surface area (Å²) >= 11 is 0. The van der Waals surface area contributed by atoms with Crippen LogP contribution in [0.25, 0.3) is 16.9 Å². The second-order valence-corrected chi connectivity index (χ2v) is 8.42. The Labute approximate surface area is 174 Å². The molecule has 0 saturated heterocycles. The number of rotatable bonds is 5. The Morgan fingerprint density at radius 1 is 1.17 bits per heavy atom. The van der Waals surface area contributed by atoms with E-state index in [2.05, 4.69) is 5.32 Å². The number of Topliss-reactive ketones (excluding diaryl/α,β-unsaturated/α-hetero) is 1. The molecule has 5 rings (SSSR count). The molecule has 7 nitrogen and oxygen atoms in total. The van der Waals surface area contributed by atoms with Crippen molar-refractivity contribution in [2.45, 2.75) is 51.0 Å². The first-order valence-corrected chi connectivity index (χ1v) is 10.4. The molecule has 0 bridgehead atoms. The summed E-state index contributed by atoms with van der Waals surface area (Å²) in [4.78, 5) is 29.8. The lowest BCUT2D eigenvalue weighted by atomic mass is 10.00. The number of hydrogen-bond donors (Lipinski definition) is 1. The lowest BCUT2D eigenvalue weighted by Gasteiger charge is -2.14. The molecule has 0 atom stereocenters. The van der Waals surface area contributed by atoms with Crippen LogP contribution in [0, 0.1) is 0 Å². The predicted octanol–water partition coefficient (Wildman–Crippen LogP) is 3.09. The van der Waals surface area contributed by atoms with Crippen LogP contribution in [-0.4, -0.2) is 39.4 Å². The Bertz CT molecular complexity index is 1190. The third kappa shape index (κ3) is 2.72. The van der Waals surface area contributed by atoms with Crippen molar-refractivity contribution in [2.75, 3.05) is 7.11 Å². The number of ether oxygens (including phenoxy) is 1. The number of benzene rings is 1. The van der Waals surface area contributed by atoms with Gasteiger partial charge >= 0.3 is 0 Å². The summed E-state index contributed by atoms with van der Waals surface area (Å²) in [6, 6.07) is 9.67. The maximum absolute atomic E-state index is 12.8. The summed E-state index contributed by atoms with van der Waals surface area (Å²) < 4.78 is 7.28. The number of carbonyl (C=O) groups excluding carboxylic acids is 2. The van der Waals surface area contributed by atoms with E-state index in [-0.39, 0.29) is 17.7 Å². The summed E-state index contributed by atoms with van der Waals surface area (Å²) in [5.41, 5.74) is 3.55. The molecule has 3 aromatic rings. The van der Waals surface area contributed by atoms with Gasteiger partial charge in [0.15, 0.2) is 23.0 Å². The Morgan fingerprint density at radius 2 is 1.93 bits per heavy atom. The van der Waals surface area contributed by atoms with Gasteiger partial charge in [-0.25, -0.2) is 9.50 Å². The highest BCUT2D eigenvalue weighted by Gasteiger charge is 2.55. The first-order chi connectivity index (χ1) is 14.4. The van der Waals surface area contributed by atoms with E-state index in [9.17, 15) is 9.59 Å². The fourth-order valence-electron chi connectivity index (χ4n) is 4.31. The highest BCUT2D eigenvalue weighted by atomic mass is 16.5. The van der Waals surface area contributed by atoms with Gasteiger partial charge in [0.1, 0.15) is 5.41 Å². The fraction of sp³-hybridized carbons (Fsp3) is 0.391. The summed E-state index contributed by atoms with van der Waals surface area (Å²) in [6.07, 6.45) is 2.72. The molecule has 1 amide bonds. The molecule has 2 aliphatic rings. The van der Waals surface area contributed by atoms with E-state index in [0.29, 0.717) is 23.6 Å². The second-order valence-electron chi connectivity index (χ2n) is 8.42. The molecule has 1 N–H and O–H groups in total. The van der Waals surface area contributed by atoms with E-state index in [1.807, 2.05) is 44.2 Å². The monoisotopic (exact) mass is 404 g/mol. The van der Waals surface area contributed by atoms with E-state index in [0.717, 1.165) is 41.6 Å². The Balaban J connectivity index is 1.68. The fourth-order valence-corrected chi connectivity index (χ4v) is 4.31. The van der Waals surface area contributed by atoms with Gasteiger partial charge in [0, 0.05) is 23.6 Å². The van der Waals surface area contributed by atoms with Gasteiger partial charge < -0.3 is 10.1 Å². The summed E-state index contributed by atoms with van der Waals surface area (Å²) in [5, 5.41) is 7.79. The molecular formula is C23H24N4O3. The van der Waals surface area contributed by atoms with Gasteiger partial charge in [0.05, 0.1) is 12.8 Å². The van der Waals surface area contributed by atoms with Gasteiger partial charge in [-0.3, -0.25) is 9.59 Å². The zero-order chi connectivity index (χ0) is 21.0. The molecule has 1 saturated carbocycles. The van der Waals surface area contributed by atoms with Crippen LogP contribution in [0.3, 0.4) is 0 Å². The smallest absolute Gasteiger partial charge is 0.234 e. The lowest BCUT2D eigenvalue weighted by Crippen LogP contribution is -2.39. The van der Waals surface area contributed by atoms with Crippen LogP contribution in [0.4, 0.5) is 0 Å². The van der Waals surface area contributed by atoms with Crippen molar-refractivity contribution in [1.82, 2.24) is 19.9 Å². The minimum Gasteiger partial charge on any atom is -0.493 e. The quantitative estimate of drug-likeness (QED) is 0.706. The number of hydrogen-bond acceptors (Lipinski definition) is 5. The third-order valence-electron chi connectivity index (χ3n) is 6.06. The van der Waals surface area contributed by atoms with Gasteiger partial charge in [-0.05, 0) is 50.8 Å². The molecule has 0 aliphatic heterocycles. The summed E-state index contributed by atoms with van der Waals surface area (Å²) in [6.45, 7) is 3.90. The number of methoxy groups -OCH3 is 1. The SMILES string of the molecule is COc1ccc(-c2cccc3c2CCC3=O)n2nc(C3(C(=O)NC(C)C)CC3)nc12. The van der Waals surface area contributed by atoms with Gasteiger partial charge in [-0.15, -0.1) is 5.10 Å². The maximum Gasteiger partial charge on any atom is 0.234 e. The van der Waals surface area contributed by atoms with Gasteiger partial charge in [-0.1, -0.05) is 18.2 Å². The van der Waals surface area contributed by atoms with Crippen molar-refractivity contribution in [2.24, 2.45) is 0 Å². The van der Waals surface area contributed by atoms with E-state index in [4.69, 9.17) is 14.8 Å². The van der Waals surface area contributed by atoms with E-state index in [1.54, 1.807) is 11.6 Å². The maximum atomic E-state index is 12.8. The van der Waals surface area contributed by atoms with Crippen LogP contribution in [0.2, 0.25) is 0 Å². The number of aromatic nitrogens is 3. The Morgan fingerprint density at radius 3 is 2.63 bits per heavy atom. The van der Waals surface area contributed by atoms with Crippen molar-refractivity contribution in [3.63, 3.8) is 0 Å². The second kappa shape index (κ2) is 6.65. The number of pyridine rings is 1. The molecular weight excluding hydrogens is 380 g/mol. The molecule has 30 heavy (non-hydrogen) atoms. The number of ketones is 1. The topological polar surface area (TPSA) is 85.6 Å². The van der Waals surface area contributed by atoms with Crippen molar-refractivity contribution < 1.29 is 14.3 Å². The minimum atomic E-state index is -0.673. The zero-order valence-corrected chi connectivity index (χ0v) is 17.4. The summed E-state index contributed by atoms with van der Waals surface area (Å²) in [5.74, 6) is 1.27. The lowest BCUT2D eigenvalue weighted by molar-refractivity contribution is -0.124. The average Bonchev–Trinajstić information content (AvgIpc) is 3.28. The van der Waals surface area contributed by atoms with E-state index < -0.39 is 5.41 Å². The average molecular weight is 404 g/mol. The zero-order valence-electron chi connectivity index (χ0n) is 17.4. The van der Waals surface area contributed by atoms with Gasteiger partial charge in [0.2, 0.25) is 5.91 Å². The first kappa shape index (κ1) is 18.8. The van der Waals surface area contributed by atoms with Crippen LogP contribution >= 0.6 is 0 Å². The van der Waals surface area contributed by atoms with Crippen LogP contribution < -0.4 is 10.1 Å². The highest BCUT2D eigenvalue weighted by Crippen LogP contribution is 2.47. The van der Waals surface area contributed by atoms with Gasteiger partial charge in [-0.2, -0.15) is 0 Å². The molecule has 2 heterocycles. The third-order valence-corrected chi connectivity index (χ3v) is 6.06. The predicted molar refractivity (Wildman–Crippen MR) is 112 cm³/mol. The molecule has 2 aromatic heterocycles. The number of nitrogens with one attached hydrogen (secondary N) is 1. The van der Waals surface area contributed by atoms with Crippen molar-refractivity contribution >= 4 is 17.3 Å². The van der Waals surface area contributed by atoms with Crippen molar-refractivity contribution in [1.29, 1.82) is 0 Å². The van der Waals surface area contributed by atoms with Crippen LogP contribution in [0.5, 0.6) is 5.75 Å². The van der Waals surface area contributed by atoms with Crippen LogP contribution in [0.1, 0.15) is 54.9 Å². The first-order valence-electron chi connectivity index (χ1n) is 10.4. The molecule has 0 radical (unpaired) electrons. The molecule has 154 valence electrons. The standard InChI is InChI=1S/C23H24N4O3/c1-13(2)24-22(29)23(11-12-23)21-25-20-19(30-3)10-8-17(27(20)26-21)15-5-4-6-16-14(15)7-9-18(16)28/h4-6,8,10,13H,7,9,11-12H2,1-3H3,(H,24,29). The molecule has 7 heteroatoms. The van der Waals surface area contributed by atoms with Crippen LogP contribution in [0.15, 0.2) is 30.3 Å². The molecule has 0 unspecified atom stereocenters. The Hall–Kier alpha value is -3.22. The highest BCUT2D eigenvalue weighted by molar-refractivity contribution is 6.02. The number of nitrogens with zero attached hydrogens (tertiary/aromatic N) is 3. The van der Waals surface area contributed by atoms with Crippen LogP contribution in [-0.2, 0) is 16.6 Å². The van der Waals surface area contributed by atoms with Crippen molar-refractivity contribution in [3.8, 4) is 17.0 Å². The van der Waals surface area contributed by atoms with Gasteiger partial charge in [0.25, 0.3) is 0 Å². The molecule has 1 fully saturated rings. The molecule has 0 spiro atoms.